The second-order valence-corrected chi connectivity index (χ2v) is 13.0. The number of nitrogens with one attached hydrogen (secondary N) is 2. The van der Waals surface area contributed by atoms with E-state index < -0.39 is 27.0 Å². The van der Waals surface area contributed by atoms with Crippen LogP contribution >= 0.6 is 11.3 Å². The molecule has 210 valence electrons. The molecule has 3 fully saturated rings. The Morgan fingerprint density at radius 1 is 1.10 bits per heavy atom. The molecule has 12 nitrogen and oxygen atoms in total. The summed E-state index contributed by atoms with van der Waals surface area (Å²) in [6.07, 6.45) is 1.68. The minimum Gasteiger partial charge on any atom is -0.365 e. The summed E-state index contributed by atoms with van der Waals surface area (Å²) in [5.74, 6) is 0. The van der Waals surface area contributed by atoms with E-state index in [2.05, 4.69) is 25.2 Å². The molecule has 3 aliphatic rings. The summed E-state index contributed by atoms with van der Waals surface area (Å²) in [6, 6.07) is 1.60. The average Bonchev–Trinajstić information content (AvgIpc) is 3.30. The topological polar surface area (TPSA) is 128 Å². The number of imidazole rings is 1. The van der Waals surface area contributed by atoms with Crippen molar-refractivity contribution in [3.05, 3.63) is 23.5 Å². The summed E-state index contributed by atoms with van der Waals surface area (Å²) in [7, 11) is -3.89. The van der Waals surface area contributed by atoms with E-state index >= 15 is 0 Å². The zero-order chi connectivity index (χ0) is 27.4. The molecule has 2 saturated heterocycles. The Morgan fingerprint density at radius 3 is 2.44 bits per heavy atom. The molecule has 0 aromatic carbocycles. The molecule has 2 aliphatic heterocycles. The largest absolute Gasteiger partial charge is 0.365 e. The van der Waals surface area contributed by atoms with Crippen LogP contribution in [0.1, 0.15) is 31.2 Å². The molecule has 5 heterocycles. The minimum atomic E-state index is -3.89. The molecule has 0 spiro atoms. The number of sulfonamides is 1. The first-order chi connectivity index (χ1) is 18.6. The maximum Gasteiger partial charge on any atom is 0.320 e. The Morgan fingerprint density at radius 2 is 1.79 bits per heavy atom. The molecule has 0 radical (unpaired) electrons. The summed E-state index contributed by atoms with van der Waals surface area (Å²) in [4.78, 5) is 23.2. The molecule has 2 amide bonds. The third-order valence-corrected chi connectivity index (χ3v) is 9.94. The SMILES string of the molecule is CC1(NS(=O)(=O)c2cc(N3CCN(C(=O)N4CCNCC4)CC3)c3ncc(-c4nnc(C(F)F)s4)n3c2)CC1. The lowest BCUT2D eigenvalue weighted by molar-refractivity contribution is 0.144. The van der Waals surface area contributed by atoms with E-state index in [-0.39, 0.29) is 15.9 Å². The van der Waals surface area contributed by atoms with Crippen molar-refractivity contribution >= 4 is 38.7 Å². The average molecular weight is 582 g/mol. The molecular weight excluding hydrogens is 552 g/mol. The number of nitrogens with zero attached hydrogens (tertiary/aromatic N) is 7. The predicted octanol–water partition coefficient (Wildman–Crippen LogP) is 1.77. The molecule has 16 heteroatoms. The van der Waals surface area contributed by atoms with Gasteiger partial charge in [0.2, 0.25) is 10.0 Å². The normalized spacial score (nSPS) is 19.7. The van der Waals surface area contributed by atoms with Crippen LogP contribution in [-0.2, 0) is 10.0 Å². The maximum atomic E-state index is 13.4. The minimum absolute atomic E-state index is 0.00806. The van der Waals surface area contributed by atoms with Crippen molar-refractivity contribution in [2.75, 3.05) is 57.3 Å². The number of hydrogen-bond acceptors (Lipinski definition) is 9. The Hall–Kier alpha value is -2.95. The smallest absolute Gasteiger partial charge is 0.320 e. The zero-order valence-electron chi connectivity index (χ0n) is 21.3. The van der Waals surface area contributed by atoms with Gasteiger partial charge in [-0.1, -0.05) is 11.3 Å². The van der Waals surface area contributed by atoms with Gasteiger partial charge in [-0.2, -0.15) is 0 Å². The molecule has 39 heavy (non-hydrogen) atoms. The highest BCUT2D eigenvalue weighted by molar-refractivity contribution is 7.89. The van der Waals surface area contributed by atoms with Crippen LogP contribution in [0.4, 0.5) is 19.3 Å². The number of hydrogen-bond donors (Lipinski definition) is 2. The fraction of sp³-hybridized carbons (Fsp3) is 0.565. The highest BCUT2D eigenvalue weighted by atomic mass is 32.2. The lowest BCUT2D eigenvalue weighted by Crippen LogP contribution is -2.56. The van der Waals surface area contributed by atoms with Crippen LogP contribution in [-0.4, -0.2) is 102 Å². The molecular formula is C23H29F2N9O3S2. The molecule has 3 aromatic heterocycles. The molecule has 3 aromatic rings. The number of anilines is 1. The van der Waals surface area contributed by atoms with Crippen LogP contribution < -0.4 is 14.9 Å². The monoisotopic (exact) mass is 581 g/mol. The number of rotatable bonds is 6. The summed E-state index contributed by atoms with van der Waals surface area (Å²) in [5.41, 5.74) is 0.945. The van der Waals surface area contributed by atoms with Crippen LogP contribution in [0.15, 0.2) is 23.4 Å². The highest BCUT2D eigenvalue weighted by Gasteiger charge is 2.41. The van der Waals surface area contributed by atoms with Crippen LogP contribution in [0.2, 0.25) is 0 Å². The van der Waals surface area contributed by atoms with Crippen molar-refractivity contribution in [1.29, 1.82) is 0 Å². The molecule has 6 rings (SSSR count). The van der Waals surface area contributed by atoms with E-state index in [0.717, 1.165) is 37.3 Å². The first-order valence-corrected chi connectivity index (χ1v) is 15.1. The summed E-state index contributed by atoms with van der Waals surface area (Å²) >= 11 is 0.740. The van der Waals surface area contributed by atoms with Gasteiger partial charge in [0.15, 0.2) is 15.7 Å². The number of carbonyl (C=O) groups excluding carboxylic acids is 1. The van der Waals surface area contributed by atoms with Gasteiger partial charge in [0, 0.05) is 64.1 Å². The Bertz CT molecular complexity index is 1490. The molecule has 1 aliphatic carbocycles. The number of fused-ring (bicyclic) bond motifs is 1. The van der Waals surface area contributed by atoms with Gasteiger partial charge in [0.1, 0.15) is 10.6 Å². The fourth-order valence-electron chi connectivity index (χ4n) is 4.88. The van der Waals surface area contributed by atoms with E-state index in [4.69, 9.17) is 0 Å². The van der Waals surface area contributed by atoms with Crippen molar-refractivity contribution in [3.8, 4) is 10.7 Å². The van der Waals surface area contributed by atoms with Crippen molar-refractivity contribution in [1.82, 2.24) is 39.4 Å². The van der Waals surface area contributed by atoms with Gasteiger partial charge >= 0.3 is 6.03 Å². The maximum absolute atomic E-state index is 13.4. The first kappa shape index (κ1) is 26.3. The third-order valence-electron chi connectivity index (χ3n) is 7.38. The number of amides is 2. The van der Waals surface area contributed by atoms with E-state index in [0.29, 0.717) is 56.3 Å². The van der Waals surface area contributed by atoms with Gasteiger partial charge in [-0.05, 0) is 25.8 Å². The van der Waals surface area contributed by atoms with Crippen molar-refractivity contribution < 1.29 is 22.0 Å². The third kappa shape index (κ3) is 5.17. The standard InChI is InChI=1S/C23H29F2N9O3S2/c1-23(2-3-23)30-39(36,37)15-12-16(31-8-10-33(11-9-31)22(35)32-6-4-26-5-7-32)19-27-13-17(34(19)14-15)20-28-29-21(38-20)18(24)25/h12-14,18,26,30H,2-11H2,1H3. The quantitative estimate of drug-likeness (QED) is 0.451. The van der Waals surface area contributed by atoms with Gasteiger partial charge in [-0.3, -0.25) is 4.40 Å². The van der Waals surface area contributed by atoms with Crippen molar-refractivity contribution in [2.45, 2.75) is 36.6 Å². The second kappa shape index (κ2) is 9.91. The van der Waals surface area contributed by atoms with Gasteiger partial charge in [-0.15, -0.1) is 10.2 Å². The number of halogens is 2. The van der Waals surface area contributed by atoms with Gasteiger partial charge in [-0.25, -0.2) is 31.7 Å². The Labute approximate surface area is 228 Å². The van der Waals surface area contributed by atoms with Gasteiger partial charge in [0.25, 0.3) is 6.43 Å². The number of piperazine rings is 2. The zero-order valence-corrected chi connectivity index (χ0v) is 22.9. The predicted molar refractivity (Wildman–Crippen MR) is 141 cm³/mol. The summed E-state index contributed by atoms with van der Waals surface area (Å²) < 4.78 is 57.5. The molecule has 0 bridgehead atoms. The van der Waals surface area contributed by atoms with Gasteiger partial charge in [0.05, 0.1) is 11.9 Å². The number of carbonyl (C=O) groups is 1. The van der Waals surface area contributed by atoms with E-state index in [1.807, 2.05) is 21.6 Å². The second-order valence-electron chi connectivity index (χ2n) is 10.3. The lowest BCUT2D eigenvalue weighted by Gasteiger charge is -2.39. The van der Waals surface area contributed by atoms with E-state index in [9.17, 15) is 22.0 Å². The molecule has 0 atom stereocenters. The fourth-order valence-corrected chi connectivity index (χ4v) is 7.06. The molecule has 2 N–H and O–H groups in total. The van der Waals surface area contributed by atoms with Crippen molar-refractivity contribution in [2.24, 2.45) is 0 Å². The summed E-state index contributed by atoms with van der Waals surface area (Å²) in [6.45, 7) is 6.66. The number of alkyl halides is 2. The number of aromatic nitrogens is 4. The van der Waals surface area contributed by atoms with E-state index in [1.165, 1.54) is 12.4 Å². The number of urea groups is 1. The van der Waals surface area contributed by atoms with Crippen LogP contribution in [0.25, 0.3) is 16.3 Å². The highest BCUT2D eigenvalue weighted by Crippen LogP contribution is 2.37. The van der Waals surface area contributed by atoms with E-state index in [1.54, 1.807) is 10.5 Å². The summed E-state index contributed by atoms with van der Waals surface area (Å²) in [5, 5.41) is 10.5. The van der Waals surface area contributed by atoms with Gasteiger partial charge < -0.3 is 20.0 Å². The Kier molecular flexibility index (Phi) is 6.68. The van der Waals surface area contributed by atoms with Crippen LogP contribution in [0, 0.1) is 0 Å². The lowest BCUT2D eigenvalue weighted by atomic mass is 10.2. The van der Waals surface area contributed by atoms with Crippen molar-refractivity contribution in [3.63, 3.8) is 0 Å². The van der Waals surface area contributed by atoms with Crippen LogP contribution in [0.3, 0.4) is 0 Å². The first-order valence-electron chi connectivity index (χ1n) is 12.8. The molecule has 0 unspecified atom stereocenters. The number of pyridine rings is 1. The Balaban J connectivity index is 1.34. The molecule has 1 saturated carbocycles. The van der Waals surface area contributed by atoms with Crippen LogP contribution in [0.5, 0.6) is 0 Å².